The number of hydrogen-bond donors (Lipinski definition) is 0. The molecule has 1 heterocycles. The maximum atomic E-state index is 12.3. The van der Waals surface area contributed by atoms with E-state index in [1.54, 1.807) is 12.1 Å². The van der Waals surface area contributed by atoms with Crippen molar-refractivity contribution in [2.45, 2.75) is 13.3 Å². The van der Waals surface area contributed by atoms with Gasteiger partial charge in [-0.1, -0.05) is 30.3 Å². The summed E-state index contributed by atoms with van der Waals surface area (Å²) in [5.41, 5.74) is 2.11. The van der Waals surface area contributed by atoms with Crippen LogP contribution in [0.2, 0.25) is 0 Å². The van der Waals surface area contributed by atoms with Crippen LogP contribution in [0.15, 0.2) is 53.6 Å². The second kappa shape index (κ2) is 9.03. The Bertz CT molecular complexity index is 880. The van der Waals surface area contributed by atoms with Crippen LogP contribution in [0.3, 0.4) is 0 Å². The summed E-state index contributed by atoms with van der Waals surface area (Å²) in [6.45, 7) is 2.44. The van der Waals surface area contributed by atoms with E-state index < -0.39 is 5.97 Å². The summed E-state index contributed by atoms with van der Waals surface area (Å²) in [5.74, 6) is -0.00455. The van der Waals surface area contributed by atoms with E-state index in [0.717, 1.165) is 11.3 Å². The first kappa shape index (κ1) is 19.4. The lowest BCUT2D eigenvalue weighted by molar-refractivity contribution is -0.134. The number of amides is 1. The molecule has 1 amide bonds. The van der Waals surface area contributed by atoms with Crippen molar-refractivity contribution in [3.05, 3.63) is 59.7 Å². The Labute approximate surface area is 163 Å². The summed E-state index contributed by atoms with van der Waals surface area (Å²) in [7, 11) is 1.49. The Kier molecular flexibility index (Phi) is 6.26. The van der Waals surface area contributed by atoms with Crippen LogP contribution in [-0.4, -0.2) is 49.5 Å². The number of carbonyl (C=O) groups excluding carboxylic acids is 2. The molecule has 0 saturated heterocycles. The fourth-order valence-corrected chi connectivity index (χ4v) is 2.83. The Morgan fingerprint density at radius 3 is 2.61 bits per heavy atom. The van der Waals surface area contributed by atoms with Gasteiger partial charge in [0.2, 0.25) is 0 Å². The Hall–Kier alpha value is -3.35. The number of ether oxygens (including phenoxy) is 3. The smallest absolute Gasteiger partial charge is 0.338 e. The Morgan fingerprint density at radius 1 is 1.11 bits per heavy atom. The molecule has 3 rings (SSSR count). The Balaban J connectivity index is 1.59. The number of nitrogens with zero attached hydrogens (tertiary/aromatic N) is 2. The molecule has 0 radical (unpaired) electrons. The van der Waals surface area contributed by atoms with Crippen molar-refractivity contribution in [2.24, 2.45) is 5.10 Å². The van der Waals surface area contributed by atoms with Crippen LogP contribution in [-0.2, 0) is 9.53 Å². The van der Waals surface area contributed by atoms with Crippen LogP contribution in [0.1, 0.15) is 29.3 Å². The van der Waals surface area contributed by atoms with Crippen molar-refractivity contribution in [1.82, 2.24) is 5.01 Å². The van der Waals surface area contributed by atoms with E-state index in [1.807, 2.05) is 37.3 Å². The molecule has 0 bridgehead atoms. The molecule has 2 aromatic carbocycles. The van der Waals surface area contributed by atoms with E-state index in [-0.39, 0.29) is 18.1 Å². The van der Waals surface area contributed by atoms with Gasteiger partial charge in [-0.2, -0.15) is 5.10 Å². The van der Waals surface area contributed by atoms with Crippen molar-refractivity contribution < 1.29 is 23.8 Å². The SMILES string of the molecule is CCOc1ccc(C(=O)OCC(=O)N2CCC(c3ccccc3)=N2)cc1OC. The monoisotopic (exact) mass is 382 g/mol. The predicted molar refractivity (Wildman–Crippen MR) is 104 cm³/mol. The minimum absolute atomic E-state index is 0.281. The number of hydrazone groups is 1. The summed E-state index contributed by atoms with van der Waals surface area (Å²) in [6.07, 6.45) is 0.666. The average Bonchev–Trinajstić information content (AvgIpc) is 3.23. The second-order valence-corrected chi connectivity index (χ2v) is 6.05. The zero-order valence-electron chi connectivity index (χ0n) is 15.9. The molecule has 0 aliphatic carbocycles. The van der Waals surface area contributed by atoms with E-state index in [4.69, 9.17) is 14.2 Å². The summed E-state index contributed by atoms with van der Waals surface area (Å²) < 4.78 is 15.8. The highest BCUT2D eigenvalue weighted by atomic mass is 16.5. The van der Waals surface area contributed by atoms with Crippen molar-refractivity contribution in [3.8, 4) is 11.5 Å². The minimum Gasteiger partial charge on any atom is -0.493 e. The summed E-state index contributed by atoms with van der Waals surface area (Å²) in [4.78, 5) is 24.6. The maximum Gasteiger partial charge on any atom is 0.338 e. The summed E-state index contributed by atoms with van der Waals surface area (Å²) in [6, 6.07) is 14.4. The summed E-state index contributed by atoms with van der Waals surface area (Å²) in [5, 5.41) is 5.68. The maximum absolute atomic E-state index is 12.3. The standard InChI is InChI=1S/C21H22N2O5/c1-3-27-18-10-9-16(13-19(18)26-2)21(25)28-14-20(24)23-12-11-17(22-23)15-7-5-4-6-8-15/h4-10,13H,3,11-12,14H2,1-2H3. The molecule has 0 aromatic heterocycles. The van der Waals surface area contributed by atoms with Crippen molar-refractivity contribution in [1.29, 1.82) is 0 Å². The van der Waals surface area contributed by atoms with Gasteiger partial charge in [0.1, 0.15) is 0 Å². The quantitative estimate of drug-likeness (QED) is 0.688. The number of hydrogen-bond acceptors (Lipinski definition) is 6. The van der Waals surface area contributed by atoms with E-state index in [9.17, 15) is 9.59 Å². The zero-order chi connectivity index (χ0) is 19.9. The first-order valence-corrected chi connectivity index (χ1v) is 9.03. The molecule has 0 N–H and O–H groups in total. The Morgan fingerprint density at radius 2 is 1.89 bits per heavy atom. The lowest BCUT2D eigenvalue weighted by Gasteiger charge is -2.13. The first-order chi connectivity index (χ1) is 13.6. The van der Waals surface area contributed by atoms with Crippen LogP contribution in [0.4, 0.5) is 0 Å². The van der Waals surface area contributed by atoms with Gasteiger partial charge in [0.05, 0.1) is 31.5 Å². The average molecular weight is 382 g/mol. The fraction of sp³-hybridized carbons (Fsp3) is 0.286. The van der Waals surface area contributed by atoms with Gasteiger partial charge in [-0.15, -0.1) is 0 Å². The second-order valence-electron chi connectivity index (χ2n) is 6.05. The molecule has 0 atom stereocenters. The third-order valence-corrected chi connectivity index (χ3v) is 4.22. The number of methoxy groups -OCH3 is 1. The zero-order valence-corrected chi connectivity index (χ0v) is 15.9. The van der Waals surface area contributed by atoms with Crippen LogP contribution < -0.4 is 9.47 Å². The van der Waals surface area contributed by atoms with Crippen molar-refractivity contribution in [2.75, 3.05) is 26.9 Å². The molecular formula is C21H22N2O5. The molecule has 2 aromatic rings. The third kappa shape index (κ3) is 4.49. The van der Waals surface area contributed by atoms with E-state index >= 15 is 0 Å². The van der Waals surface area contributed by atoms with Crippen LogP contribution in [0, 0.1) is 0 Å². The molecular weight excluding hydrogens is 360 g/mol. The van der Waals surface area contributed by atoms with Crippen LogP contribution in [0.5, 0.6) is 11.5 Å². The normalized spacial score (nSPS) is 13.1. The largest absolute Gasteiger partial charge is 0.493 e. The van der Waals surface area contributed by atoms with E-state index in [0.29, 0.717) is 31.1 Å². The lowest BCUT2D eigenvalue weighted by Crippen LogP contribution is -2.28. The number of benzene rings is 2. The van der Waals surface area contributed by atoms with Gasteiger partial charge >= 0.3 is 5.97 Å². The number of carbonyl (C=O) groups is 2. The fourth-order valence-electron chi connectivity index (χ4n) is 2.83. The summed E-state index contributed by atoms with van der Waals surface area (Å²) >= 11 is 0. The van der Waals surface area contributed by atoms with Gasteiger partial charge in [0.15, 0.2) is 18.1 Å². The van der Waals surface area contributed by atoms with Gasteiger partial charge < -0.3 is 14.2 Å². The van der Waals surface area contributed by atoms with Crippen LogP contribution >= 0.6 is 0 Å². The molecule has 0 saturated carbocycles. The number of esters is 1. The number of rotatable bonds is 7. The minimum atomic E-state index is -0.610. The third-order valence-electron chi connectivity index (χ3n) is 4.22. The van der Waals surface area contributed by atoms with Gasteiger partial charge in [-0.05, 0) is 30.7 Å². The van der Waals surface area contributed by atoms with Gasteiger partial charge in [0.25, 0.3) is 5.91 Å². The predicted octanol–water partition coefficient (Wildman–Crippen LogP) is 2.89. The van der Waals surface area contributed by atoms with Gasteiger partial charge in [0, 0.05) is 6.42 Å². The van der Waals surface area contributed by atoms with Gasteiger partial charge in [-0.3, -0.25) is 4.79 Å². The van der Waals surface area contributed by atoms with Crippen molar-refractivity contribution in [3.63, 3.8) is 0 Å². The van der Waals surface area contributed by atoms with Crippen molar-refractivity contribution >= 4 is 17.6 Å². The molecule has 7 heteroatoms. The van der Waals surface area contributed by atoms with Gasteiger partial charge in [-0.25, -0.2) is 9.80 Å². The molecule has 0 spiro atoms. The molecule has 1 aliphatic rings. The molecule has 0 fully saturated rings. The molecule has 0 unspecified atom stereocenters. The van der Waals surface area contributed by atoms with E-state index in [1.165, 1.54) is 18.2 Å². The molecule has 7 nitrogen and oxygen atoms in total. The van der Waals surface area contributed by atoms with E-state index in [2.05, 4.69) is 5.10 Å². The highest BCUT2D eigenvalue weighted by Gasteiger charge is 2.23. The molecule has 1 aliphatic heterocycles. The topological polar surface area (TPSA) is 77.4 Å². The molecule has 28 heavy (non-hydrogen) atoms. The lowest BCUT2D eigenvalue weighted by atomic mass is 10.1. The molecule has 146 valence electrons. The highest BCUT2D eigenvalue weighted by molar-refractivity contribution is 6.02. The highest BCUT2D eigenvalue weighted by Crippen LogP contribution is 2.28. The first-order valence-electron chi connectivity index (χ1n) is 9.03. The van der Waals surface area contributed by atoms with Crippen LogP contribution in [0.25, 0.3) is 0 Å².